The molecule has 0 unspecified atom stereocenters. The van der Waals surface area contributed by atoms with Gasteiger partial charge in [0, 0.05) is 26.2 Å². The molecule has 0 aliphatic rings. The molecule has 2 aromatic carbocycles. The van der Waals surface area contributed by atoms with Gasteiger partial charge in [-0.1, -0.05) is 29.8 Å². The van der Waals surface area contributed by atoms with Crippen LogP contribution in [0.3, 0.4) is 0 Å². The summed E-state index contributed by atoms with van der Waals surface area (Å²) in [5, 5.41) is 0.774. The van der Waals surface area contributed by atoms with Crippen LogP contribution in [0.1, 0.15) is 24.1 Å². The van der Waals surface area contributed by atoms with Crippen molar-refractivity contribution in [2.45, 2.75) is 23.6 Å². The summed E-state index contributed by atoms with van der Waals surface area (Å²) in [6.45, 7) is 1.99. The molecule has 0 spiro atoms. The Morgan fingerprint density at radius 3 is 2.47 bits per heavy atom. The Balaban J connectivity index is 2.05. The quantitative estimate of drug-likeness (QED) is 0.741. The zero-order valence-electron chi connectivity index (χ0n) is 10.6. The van der Waals surface area contributed by atoms with Gasteiger partial charge in [0.15, 0.2) is 0 Å². The SMILES string of the molecule is C[C@H](N)c1ccc(SCc2ccc(Cl)cc2)c(Br)c1. The first-order chi connectivity index (χ1) is 9.06. The second kappa shape index (κ2) is 6.80. The van der Waals surface area contributed by atoms with Crippen molar-refractivity contribution in [1.82, 2.24) is 0 Å². The highest BCUT2D eigenvalue weighted by Gasteiger charge is 2.05. The highest BCUT2D eigenvalue weighted by molar-refractivity contribution is 9.10. The summed E-state index contributed by atoms with van der Waals surface area (Å²) < 4.78 is 1.10. The highest BCUT2D eigenvalue weighted by Crippen LogP contribution is 2.32. The third-order valence-corrected chi connectivity index (χ3v) is 5.10. The Morgan fingerprint density at radius 1 is 1.21 bits per heavy atom. The Hall–Kier alpha value is -0.480. The molecule has 1 atom stereocenters. The Labute approximate surface area is 131 Å². The molecule has 2 N–H and O–H groups in total. The first-order valence-electron chi connectivity index (χ1n) is 5.98. The van der Waals surface area contributed by atoms with Gasteiger partial charge in [0.05, 0.1) is 0 Å². The van der Waals surface area contributed by atoms with Gasteiger partial charge in [0.1, 0.15) is 0 Å². The lowest BCUT2D eigenvalue weighted by Gasteiger charge is -2.09. The molecule has 4 heteroatoms. The van der Waals surface area contributed by atoms with Crippen LogP contribution < -0.4 is 5.73 Å². The summed E-state index contributed by atoms with van der Waals surface area (Å²) in [7, 11) is 0. The maximum atomic E-state index is 5.87. The molecule has 0 bridgehead atoms. The van der Waals surface area contributed by atoms with E-state index in [1.807, 2.05) is 19.1 Å². The summed E-state index contributed by atoms with van der Waals surface area (Å²) in [6, 6.07) is 14.3. The molecule has 0 fully saturated rings. The van der Waals surface area contributed by atoms with E-state index in [4.69, 9.17) is 17.3 Å². The molecule has 0 aliphatic heterocycles. The normalized spacial score (nSPS) is 12.4. The van der Waals surface area contributed by atoms with Crippen molar-refractivity contribution >= 4 is 39.3 Å². The monoisotopic (exact) mass is 355 g/mol. The van der Waals surface area contributed by atoms with Crippen molar-refractivity contribution in [1.29, 1.82) is 0 Å². The average Bonchev–Trinajstić information content (AvgIpc) is 2.39. The third-order valence-electron chi connectivity index (χ3n) is 2.79. The van der Waals surface area contributed by atoms with Crippen molar-refractivity contribution in [2.75, 3.05) is 0 Å². The van der Waals surface area contributed by atoms with Crippen LogP contribution in [0.2, 0.25) is 5.02 Å². The van der Waals surface area contributed by atoms with Gasteiger partial charge in [-0.15, -0.1) is 11.8 Å². The largest absolute Gasteiger partial charge is 0.324 e. The van der Waals surface area contributed by atoms with Crippen LogP contribution in [-0.4, -0.2) is 0 Å². The summed E-state index contributed by atoms with van der Waals surface area (Å²) >= 11 is 11.3. The predicted octanol–water partition coefficient (Wildman–Crippen LogP) is 5.41. The van der Waals surface area contributed by atoms with Crippen LogP contribution in [0.4, 0.5) is 0 Å². The molecular weight excluding hydrogens is 342 g/mol. The Morgan fingerprint density at radius 2 is 1.89 bits per heavy atom. The van der Waals surface area contributed by atoms with E-state index in [0.29, 0.717) is 0 Å². The van der Waals surface area contributed by atoms with Gasteiger partial charge in [-0.05, 0) is 58.2 Å². The lowest BCUT2D eigenvalue weighted by Crippen LogP contribution is -2.04. The number of hydrogen-bond donors (Lipinski definition) is 1. The number of halogens is 2. The van der Waals surface area contributed by atoms with Crippen molar-refractivity contribution in [3.05, 3.63) is 63.1 Å². The van der Waals surface area contributed by atoms with Crippen molar-refractivity contribution in [2.24, 2.45) is 5.73 Å². The topological polar surface area (TPSA) is 26.0 Å². The van der Waals surface area contributed by atoms with E-state index < -0.39 is 0 Å². The summed E-state index contributed by atoms with van der Waals surface area (Å²) in [4.78, 5) is 1.22. The summed E-state index contributed by atoms with van der Waals surface area (Å²) in [5.41, 5.74) is 8.27. The standard InChI is InChI=1S/C15H15BrClNS/c1-10(18)12-4-7-15(14(16)8-12)19-9-11-2-5-13(17)6-3-11/h2-8,10H,9,18H2,1H3/t10-/m0/s1. The molecule has 100 valence electrons. The average molecular weight is 357 g/mol. The highest BCUT2D eigenvalue weighted by atomic mass is 79.9. The lowest BCUT2D eigenvalue weighted by molar-refractivity contribution is 0.815. The number of rotatable bonds is 4. The summed E-state index contributed by atoms with van der Waals surface area (Å²) in [6.07, 6.45) is 0. The fourth-order valence-electron chi connectivity index (χ4n) is 1.66. The molecule has 0 heterocycles. The molecule has 0 saturated carbocycles. The van der Waals surface area contributed by atoms with Gasteiger partial charge in [0.25, 0.3) is 0 Å². The van der Waals surface area contributed by atoms with Crippen LogP contribution in [-0.2, 0) is 5.75 Å². The maximum Gasteiger partial charge on any atom is 0.0406 e. The van der Waals surface area contributed by atoms with Gasteiger partial charge in [-0.3, -0.25) is 0 Å². The first-order valence-corrected chi connectivity index (χ1v) is 8.14. The maximum absolute atomic E-state index is 5.87. The molecule has 0 radical (unpaired) electrons. The zero-order valence-corrected chi connectivity index (χ0v) is 13.7. The van der Waals surface area contributed by atoms with Gasteiger partial charge < -0.3 is 5.73 Å². The zero-order chi connectivity index (χ0) is 13.8. The van der Waals surface area contributed by atoms with Crippen LogP contribution >= 0.6 is 39.3 Å². The van der Waals surface area contributed by atoms with Crippen LogP contribution in [0.15, 0.2) is 51.8 Å². The van der Waals surface area contributed by atoms with E-state index in [1.165, 1.54) is 10.5 Å². The minimum atomic E-state index is 0.0617. The van der Waals surface area contributed by atoms with Gasteiger partial charge in [-0.25, -0.2) is 0 Å². The van der Waals surface area contributed by atoms with E-state index in [9.17, 15) is 0 Å². The summed E-state index contributed by atoms with van der Waals surface area (Å²) in [5.74, 6) is 0.924. The van der Waals surface area contributed by atoms with Crippen LogP contribution in [0, 0.1) is 0 Å². The van der Waals surface area contributed by atoms with Gasteiger partial charge in [-0.2, -0.15) is 0 Å². The minimum absolute atomic E-state index is 0.0617. The van der Waals surface area contributed by atoms with Gasteiger partial charge in [0.2, 0.25) is 0 Å². The van der Waals surface area contributed by atoms with Gasteiger partial charge >= 0.3 is 0 Å². The molecule has 0 aliphatic carbocycles. The van der Waals surface area contributed by atoms with Crippen molar-refractivity contribution in [3.8, 4) is 0 Å². The third kappa shape index (κ3) is 4.25. The van der Waals surface area contributed by atoms with E-state index in [0.717, 1.165) is 20.8 Å². The molecule has 2 aromatic rings. The van der Waals surface area contributed by atoms with Crippen LogP contribution in [0.25, 0.3) is 0 Å². The van der Waals surface area contributed by atoms with Crippen molar-refractivity contribution < 1.29 is 0 Å². The molecule has 0 saturated heterocycles. The minimum Gasteiger partial charge on any atom is -0.324 e. The molecule has 19 heavy (non-hydrogen) atoms. The molecule has 1 nitrogen and oxygen atoms in total. The molecular formula is C15H15BrClNS. The smallest absolute Gasteiger partial charge is 0.0406 e. The van der Waals surface area contributed by atoms with E-state index in [-0.39, 0.29) is 6.04 Å². The van der Waals surface area contributed by atoms with E-state index >= 15 is 0 Å². The Kier molecular flexibility index (Phi) is 5.34. The molecule has 0 amide bonds. The lowest BCUT2D eigenvalue weighted by atomic mass is 10.1. The number of thioether (sulfide) groups is 1. The fourth-order valence-corrected chi connectivity index (χ4v) is 3.40. The number of nitrogens with two attached hydrogens (primary N) is 1. The van der Waals surface area contributed by atoms with E-state index in [1.54, 1.807) is 11.8 Å². The second-order valence-corrected chi connectivity index (χ2v) is 6.70. The number of benzene rings is 2. The molecule has 2 rings (SSSR count). The van der Waals surface area contributed by atoms with E-state index in [2.05, 4.69) is 46.3 Å². The second-order valence-electron chi connectivity index (χ2n) is 4.39. The number of hydrogen-bond acceptors (Lipinski definition) is 2. The Bertz CT molecular complexity index is 555. The molecule has 0 aromatic heterocycles. The predicted molar refractivity (Wildman–Crippen MR) is 87.8 cm³/mol. The van der Waals surface area contributed by atoms with Crippen LogP contribution in [0.5, 0.6) is 0 Å². The van der Waals surface area contributed by atoms with Crippen molar-refractivity contribution in [3.63, 3.8) is 0 Å². The fraction of sp³-hybridized carbons (Fsp3) is 0.200. The first kappa shape index (κ1) is 14.9.